The molecule has 1 aromatic carbocycles. The first kappa shape index (κ1) is 17.1. The van der Waals surface area contributed by atoms with Crippen LogP contribution in [0.1, 0.15) is 40.5 Å². The Balaban J connectivity index is 1.36. The van der Waals surface area contributed by atoms with Crippen LogP contribution in [0.25, 0.3) is 0 Å². The number of esters is 1. The van der Waals surface area contributed by atoms with Crippen molar-refractivity contribution in [3.05, 3.63) is 35.4 Å². The molecule has 2 saturated heterocycles. The van der Waals surface area contributed by atoms with Crippen molar-refractivity contribution in [3.63, 3.8) is 0 Å². The maximum Gasteiger partial charge on any atom is 0.329 e. The molecule has 3 heterocycles. The first-order valence-electron chi connectivity index (χ1n) is 8.50. The largest absolute Gasteiger partial charge is 0.462 e. The van der Waals surface area contributed by atoms with Crippen LogP contribution < -0.4 is 0 Å². The van der Waals surface area contributed by atoms with Crippen molar-refractivity contribution in [2.75, 3.05) is 18.9 Å². The lowest BCUT2D eigenvalue weighted by molar-refractivity contribution is -0.153. The molecule has 136 valence electrons. The van der Waals surface area contributed by atoms with Gasteiger partial charge in [-0.15, -0.1) is 11.8 Å². The van der Waals surface area contributed by atoms with Gasteiger partial charge in [-0.2, -0.15) is 0 Å². The number of thioether (sulfide) groups is 1. The lowest BCUT2D eigenvalue weighted by atomic mass is 10.1. The van der Waals surface area contributed by atoms with Crippen LogP contribution in [0.4, 0.5) is 0 Å². The number of imide groups is 1. The highest BCUT2D eigenvalue weighted by Gasteiger charge is 2.53. The molecule has 0 saturated carbocycles. The fraction of sp³-hybridized carbons (Fsp3) is 0.444. The second kappa shape index (κ2) is 6.12. The van der Waals surface area contributed by atoms with E-state index >= 15 is 0 Å². The lowest BCUT2D eigenvalue weighted by Gasteiger charge is -2.29. The number of ether oxygens (including phenoxy) is 1. The molecule has 0 spiro atoms. The highest BCUT2D eigenvalue weighted by atomic mass is 32.2. The minimum absolute atomic E-state index is 0.00314. The molecule has 3 aliphatic heterocycles. The van der Waals surface area contributed by atoms with Gasteiger partial charge >= 0.3 is 5.97 Å². The second-order valence-electron chi connectivity index (χ2n) is 6.74. The van der Waals surface area contributed by atoms with Crippen LogP contribution in [-0.4, -0.2) is 63.3 Å². The molecule has 0 unspecified atom stereocenters. The van der Waals surface area contributed by atoms with Crippen LogP contribution in [0.5, 0.6) is 0 Å². The number of hydrogen-bond acceptors (Lipinski definition) is 6. The van der Waals surface area contributed by atoms with E-state index in [1.54, 1.807) is 40.9 Å². The van der Waals surface area contributed by atoms with Gasteiger partial charge in [-0.3, -0.25) is 19.3 Å². The molecular formula is C18H18N2O5S. The Morgan fingerprint density at radius 3 is 2.54 bits per heavy atom. The Bertz CT molecular complexity index is 791. The summed E-state index contributed by atoms with van der Waals surface area (Å²) in [5.41, 5.74) is 0.740. The quantitative estimate of drug-likeness (QED) is 0.583. The summed E-state index contributed by atoms with van der Waals surface area (Å²) in [6.07, 6.45) is 1.18. The summed E-state index contributed by atoms with van der Waals surface area (Å²) < 4.78 is 5.29. The molecule has 3 aliphatic rings. The molecule has 0 aromatic heterocycles. The van der Waals surface area contributed by atoms with Gasteiger partial charge in [0.1, 0.15) is 12.6 Å². The van der Waals surface area contributed by atoms with E-state index in [0.717, 1.165) is 11.3 Å². The van der Waals surface area contributed by atoms with E-state index < -0.39 is 12.0 Å². The van der Waals surface area contributed by atoms with E-state index in [4.69, 9.17) is 4.74 Å². The molecule has 4 rings (SSSR count). The molecular weight excluding hydrogens is 356 g/mol. The van der Waals surface area contributed by atoms with Gasteiger partial charge in [-0.25, -0.2) is 4.79 Å². The molecule has 0 N–H and O–H groups in total. The van der Waals surface area contributed by atoms with Gasteiger partial charge in [0.25, 0.3) is 11.8 Å². The smallest absolute Gasteiger partial charge is 0.329 e. The highest BCUT2D eigenvalue weighted by Crippen LogP contribution is 2.47. The molecule has 0 radical (unpaired) electrons. The zero-order chi connectivity index (χ0) is 18.5. The van der Waals surface area contributed by atoms with Crippen LogP contribution in [-0.2, 0) is 14.3 Å². The van der Waals surface area contributed by atoms with Crippen molar-refractivity contribution >= 4 is 35.5 Å². The van der Waals surface area contributed by atoms with Gasteiger partial charge in [-0.1, -0.05) is 12.1 Å². The number of rotatable bonds is 4. The Hall–Kier alpha value is -2.35. The van der Waals surface area contributed by atoms with Crippen molar-refractivity contribution in [1.82, 2.24) is 9.80 Å². The molecule has 1 aromatic rings. The first-order chi connectivity index (χ1) is 12.4. The van der Waals surface area contributed by atoms with E-state index in [1.807, 2.05) is 6.92 Å². The minimum Gasteiger partial charge on any atom is -0.462 e. The monoisotopic (exact) mass is 374 g/mol. The molecule has 0 aliphatic carbocycles. The van der Waals surface area contributed by atoms with Crippen molar-refractivity contribution < 1.29 is 23.9 Å². The summed E-state index contributed by atoms with van der Waals surface area (Å²) in [6.45, 7) is 1.89. The van der Waals surface area contributed by atoms with Gasteiger partial charge in [0.05, 0.1) is 22.5 Å². The Morgan fingerprint density at radius 1 is 1.23 bits per heavy atom. The fourth-order valence-corrected chi connectivity index (χ4v) is 5.19. The van der Waals surface area contributed by atoms with Crippen molar-refractivity contribution in [2.24, 2.45) is 0 Å². The average Bonchev–Trinajstić information content (AvgIpc) is 3.21. The van der Waals surface area contributed by atoms with Crippen LogP contribution in [0, 0.1) is 0 Å². The van der Waals surface area contributed by atoms with Gasteiger partial charge in [0, 0.05) is 12.2 Å². The van der Waals surface area contributed by atoms with Crippen LogP contribution in [0.3, 0.4) is 0 Å². The van der Waals surface area contributed by atoms with E-state index in [9.17, 15) is 19.2 Å². The Kier molecular flexibility index (Phi) is 4.02. The third-order valence-corrected chi connectivity index (χ3v) is 6.66. The normalized spacial score (nSPS) is 27.1. The molecule has 7 nitrogen and oxygen atoms in total. The standard InChI is InChI=1S/C18H18N2O5S/c1-18-7-6-14(21)20(18)13(10-26-18)17(24)25-9-8-19-15(22)11-4-2-3-5-12(11)16(19)23/h2-5,13H,6-10H2,1H3/t13-,18-/m0/s1. The van der Waals surface area contributed by atoms with E-state index in [0.29, 0.717) is 23.3 Å². The summed E-state index contributed by atoms with van der Waals surface area (Å²) in [5.74, 6) is -0.748. The fourth-order valence-electron chi connectivity index (χ4n) is 3.77. The number of benzene rings is 1. The summed E-state index contributed by atoms with van der Waals surface area (Å²) in [4.78, 5) is 51.4. The lowest BCUT2D eigenvalue weighted by Crippen LogP contribution is -2.47. The summed E-state index contributed by atoms with van der Waals surface area (Å²) in [5, 5.41) is 0. The summed E-state index contributed by atoms with van der Waals surface area (Å²) >= 11 is 1.59. The number of carbonyl (C=O) groups is 4. The van der Waals surface area contributed by atoms with Gasteiger partial charge < -0.3 is 9.64 Å². The first-order valence-corrected chi connectivity index (χ1v) is 9.49. The molecule has 0 bridgehead atoms. The van der Waals surface area contributed by atoms with E-state index in [1.165, 1.54) is 0 Å². The number of amides is 3. The second-order valence-corrected chi connectivity index (χ2v) is 8.24. The van der Waals surface area contributed by atoms with Crippen molar-refractivity contribution in [3.8, 4) is 0 Å². The third-order valence-electron chi connectivity index (χ3n) is 5.15. The van der Waals surface area contributed by atoms with Gasteiger partial charge in [0.15, 0.2) is 0 Å². The molecule has 8 heteroatoms. The van der Waals surface area contributed by atoms with Crippen molar-refractivity contribution in [2.45, 2.75) is 30.7 Å². The zero-order valence-corrected chi connectivity index (χ0v) is 15.1. The van der Waals surface area contributed by atoms with Crippen LogP contribution >= 0.6 is 11.8 Å². The molecule has 2 atom stereocenters. The Labute approximate surface area is 154 Å². The van der Waals surface area contributed by atoms with Crippen LogP contribution in [0.2, 0.25) is 0 Å². The topological polar surface area (TPSA) is 84.0 Å². The Morgan fingerprint density at radius 2 is 1.88 bits per heavy atom. The molecule has 26 heavy (non-hydrogen) atoms. The predicted molar refractivity (Wildman–Crippen MR) is 93.5 cm³/mol. The van der Waals surface area contributed by atoms with E-state index in [-0.39, 0.29) is 35.7 Å². The number of fused-ring (bicyclic) bond motifs is 2. The summed E-state index contributed by atoms with van der Waals surface area (Å²) in [7, 11) is 0. The van der Waals surface area contributed by atoms with Gasteiger partial charge in [-0.05, 0) is 25.5 Å². The third kappa shape index (κ3) is 2.51. The average molecular weight is 374 g/mol. The molecule has 2 fully saturated rings. The van der Waals surface area contributed by atoms with Crippen LogP contribution in [0.15, 0.2) is 24.3 Å². The van der Waals surface area contributed by atoms with E-state index in [2.05, 4.69) is 0 Å². The predicted octanol–water partition coefficient (Wildman–Crippen LogP) is 1.28. The van der Waals surface area contributed by atoms with Crippen molar-refractivity contribution in [1.29, 1.82) is 0 Å². The minimum atomic E-state index is -0.595. The SMILES string of the molecule is C[C@]12CCC(=O)N1[C@H](C(=O)OCCN1C(=O)c3ccccc3C1=O)CS2. The number of hydrogen-bond donors (Lipinski definition) is 0. The maximum absolute atomic E-state index is 12.4. The maximum atomic E-state index is 12.4. The number of nitrogens with zero attached hydrogens (tertiary/aromatic N) is 2. The zero-order valence-electron chi connectivity index (χ0n) is 14.3. The van der Waals surface area contributed by atoms with Gasteiger partial charge in [0.2, 0.25) is 5.91 Å². The summed E-state index contributed by atoms with van der Waals surface area (Å²) in [6, 6.07) is 6.03. The molecule has 3 amide bonds. The highest BCUT2D eigenvalue weighted by molar-refractivity contribution is 8.01. The number of carbonyl (C=O) groups excluding carboxylic acids is 4.